The molecule has 0 radical (unpaired) electrons. The Balaban J connectivity index is 1.58. The van der Waals surface area contributed by atoms with E-state index in [4.69, 9.17) is 4.74 Å². The van der Waals surface area contributed by atoms with Crippen molar-refractivity contribution in [2.45, 2.75) is 4.90 Å². The van der Waals surface area contributed by atoms with Crippen LogP contribution >= 0.6 is 0 Å². The van der Waals surface area contributed by atoms with E-state index in [0.29, 0.717) is 17.3 Å². The molecule has 3 rings (SSSR count). The van der Waals surface area contributed by atoms with Crippen LogP contribution in [0.25, 0.3) is 10.9 Å². The van der Waals surface area contributed by atoms with Crippen molar-refractivity contribution in [1.29, 1.82) is 0 Å². The van der Waals surface area contributed by atoms with E-state index in [1.54, 1.807) is 12.3 Å². The average molecular weight is 388 g/mol. The molecule has 1 N–H and O–H groups in total. The maximum absolute atomic E-state index is 13.1. The molecule has 0 spiro atoms. The summed E-state index contributed by atoms with van der Waals surface area (Å²) in [6, 6.07) is 11.3. The Morgan fingerprint density at radius 2 is 1.78 bits per heavy atom. The van der Waals surface area contributed by atoms with Gasteiger partial charge < -0.3 is 4.74 Å². The second-order valence-electron chi connectivity index (χ2n) is 5.40. The lowest BCUT2D eigenvalue weighted by Gasteiger charge is -2.05. The monoisotopic (exact) mass is 388 g/mol. The Morgan fingerprint density at radius 3 is 2.56 bits per heavy atom. The van der Waals surface area contributed by atoms with Gasteiger partial charge in [0.2, 0.25) is 10.0 Å². The van der Waals surface area contributed by atoms with E-state index in [-0.39, 0.29) is 13.2 Å². The highest BCUT2D eigenvalue weighted by Crippen LogP contribution is 2.22. The van der Waals surface area contributed by atoms with Gasteiger partial charge in [0, 0.05) is 17.6 Å². The van der Waals surface area contributed by atoms with Gasteiger partial charge >= 0.3 is 0 Å². The van der Waals surface area contributed by atoms with Crippen molar-refractivity contribution >= 4 is 20.9 Å². The summed E-state index contributed by atoms with van der Waals surface area (Å²) in [6.07, 6.45) is 1.66. The van der Waals surface area contributed by atoms with Crippen molar-refractivity contribution < 1.29 is 21.9 Å². The molecule has 0 aliphatic heterocycles. The van der Waals surface area contributed by atoms with Gasteiger partial charge in [0.05, 0.1) is 11.4 Å². The SMILES string of the molecule is O=S(=O)(NCC#CCOc1cccc2cccnc12)c1cc(F)cc(F)c1. The van der Waals surface area contributed by atoms with Crippen LogP contribution in [-0.4, -0.2) is 26.6 Å². The summed E-state index contributed by atoms with van der Waals surface area (Å²) in [5.74, 6) is 3.88. The molecule has 27 heavy (non-hydrogen) atoms. The molecule has 0 bridgehead atoms. The van der Waals surface area contributed by atoms with E-state index in [0.717, 1.165) is 17.5 Å². The number of aromatic nitrogens is 1. The van der Waals surface area contributed by atoms with Gasteiger partial charge in [-0.1, -0.05) is 30.0 Å². The van der Waals surface area contributed by atoms with Crippen LogP contribution in [0.4, 0.5) is 8.78 Å². The number of pyridine rings is 1. The lowest BCUT2D eigenvalue weighted by atomic mass is 10.2. The normalized spacial score (nSPS) is 11.0. The van der Waals surface area contributed by atoms with Gasteiger partial charge in [0.25, 0.3) is 0 Å². The molecule has 0 saturated heterocycles. The van der Waals surface area contributed by atoms with Crippen LogP contribution in [0, 0.1) is 23.5 Å². The Hall–Kier alpha value is -3.02. The van der Waals surface area contributed by atoms with Crippen LogP contribution in [0.5, 0.6) is 5.75 Å². The fourth-order valence-corrected chi connectivity index (χ4v) is 3.28. The van der Waals surface area contributed by atoms with Crippen molar-refractivity contribution in [3.63, 3.8) is 0 Å². The van der Waals surface area contributed by atoms with E-state index in [2.05, 4.69) is 21.5 Å². The minimum absolute atomic E-state index is 0.0337. The Kier molecular flexibility index (Phi) is 5.64. The first-order valence-electron chi connectivity index (χ1n) is 7.84. The molecule has 3 aromatic rings. The second-order valence-corrected chi connectivity index (χ2v) is 7.17. The topological polar surface area (TPSA) is 68.3 Å². The van der Waals surface area contributed by atoms with Gasteiger partial charge in [0.15, 0.2) is 0 Å². The first-order chi connectivity index (χ1) is 13.0. The van der Waals surface area contributed by atoms with Crippen molar-refractivity contribution in [2.75, 3.05) is 13.2 Å². The number of rotatable bonds is 5. The van der Waals surface area contributed by atoms with E-state index in [1.165, 1.54) is 0 Å². The van der Waals surface area contributed by atoms with Gasteiger partial charge in [-0.3, -0.25) is 4.98 Å². The van der Waals surface area contributed by atoms with Crippen LogP contribution < -0.4 is 9.46 Å². The highest BCUT2D eigenvalue weighted by molar-refractivity contribution is 7.89. The summed E-state index contributed by atoms with van der Waals surface area (Å²) in [6.45, 7) is -0.191. The minimum atomic E-state index is -4.06. The van der Waals surface area contributed by atoms with E-state index < -0.39 is 26.6 Å². The molecule has 8 heteroatoms. The van der Waals surface area contributed by atoms with Gasteiger partial charge in [-0.25, -0.2) is 17.2 Å². The lowest BCUT2D eigenvalue weighted by molar-refractivity contribution is 0.374. The Labute approximate surface area is 155 Å². The smallest absolute Gasteiger partial charge is 0.241 e. The predicted octanol–water partition coefficient (Wildman–Crippen LogP) is 2.87. The minimum Gasteiger partial charge on any atom is -0.479 e. The van der Waals surface area contributed by atoms with E-state index in [1.807, 2.05) is 24.3 Å². The number of fused-ring (bicyclic) bond motifs is 1. The Morgan fingerprint density at radius 1 is 1.04 bits per heavy atom. The fraction of sp³-hybridized carbons (Fsp3) is 0.105. The van der Waals surface area contributed by atoms with Crippen molar-refractivity contribution in [1.82, 2.24) is 9.71 Å². The summed E-state index contributed by atoms with van der Waals surface area (Å²) in [7, 11) is -4.06. The standard InChI is InChI=1S/C19H14F2N2O3S/c20-15-11-16(21)13-17(12-15)27(24,25)23-9-1-2-10-26-18-7-3-5-14-6-4-8-22-19(14)18/h3-8,11-13,23H,9-10H2. The summed E-state index contributed by atoms with van der Waals surface area (Å²) in [4.78, 5) is 3.75. The zero-order valence-electron chi connectivity index (χ0n) is 13.9. The molecular weight excluding hydrogens is 374 g/mol. The maximum Gasteiger partial charge on any atom is 0.241 e. The first kappa shape index (κ1) is 18.8. The average Bonchev–Trinajstić information content (AvgIpc) is 2.64. The number of para-hydroxylation sites is 1. The predicted molar refractivity (Wildman–Crippen MR) is 96.6 cm³/mol. The third-order valence-electron chi connectivity index (χ3n) is 3.52. The molecule has 0 saturated carbocycles. The molecule has 0 fully saturated rings. The number of nitrogens with one attached hydrogen (secondary N) is 1. The number of benzene rings is 2. The van der Waals surface area contributed by atoms with Gasteiger partial charge in [-0.05, 0) is 24.3 Å². The summed E-state index contributed by atoms with van der Waals surface area (Å²) in [5.41, 5.74) is 0.704. The van der Waals surface area contributed by atoms with Crippen LogP contribution in [0.15, 0.2) is 59.6 Å². The molecule has 5 nitrogen and oxygen atoms in total. The van der Waals surface area contributed by atoms with Gasteiger partial charge in [0.1, 0.15) is 29.5 Å². The van der Waals surface area contributed by atoms with Crippen molar-refractivity contribution in [3.8, 4) is 17.6 Å². The number of hydrogen-bond acceptors (Lipinski definition) is 4. The molecule has 1 aromatic heterocycles. The molecule has 0 atom stereocenters. The molecule has 2 aromatic carbocycles. The van der Waals surface area contributed by atoms with Crippen molar-refractivity contribution in [3.05, 3.63) is 66.4 Å². The largest absolute Gasteiger partial charge is 0.479 e. The molecule has 1 heterocycles. The number of ether oxygens (including phenoxy) is 1. The van der Waals surface area contributed by atoms with E-state index >= 15 is 0 Å². The maximum atomic E-state index is 13.1. The summed E-state index contributed by atoms with van der Waals surface area (Å²) >= 11 is 0. The van der Waals surface area contributed by atoms with Crippen LogP contribution in [0.1, 0.15) is 0 Å². The number of nitrogens with zero attached hydrogens (tertiary/aromatic N) is 1. The summed E-state index contributed by atoms with van der Waals surface area (Å²) < 4.78 is 58.0. The van der Waals surface area contributed by atoms with Crippen LogP contribution in [0.2, 0.25) is 0 Å². The number of hydrogen-bond donors (Lipinski definition) is 1. The van der Waals surface area contributed by atoms with Crippen molar-refractivity contribution in [2.24, 2.45) is 0 Å². The number of sulfonamides is 1. The molecular formula is C19H14F2N2O3S. The lowest BCUT2D eigenvalue weighted by Crippen LogP contribution is -2.24. The molecule has 0 aliphatic rings. The molecule has 0 aliphatic carbocycles. The van der Waals surface area contributed by atoms with Crippen LogP contribution in [0.3, 0.4) is 0 Å². The zero-order chi connectivity index (χ0) is 19.3. The highest BCUT2D eigenvalue weighted by Gasteiger charge is 2.15. The molecule has 138 valence electrons. The zero-order valence-corrected chi connectivity index (χ0v) is 14.8. The fourth-order valence-electron chi connectivity index (χ4n) is 2.32. The second kappa shape index (κ2) is 8.12. The van der Waals surface area contributed by atoms with Gasteiger partial charge in [-0.15, -0.1) is 0 Å². The highest BCUT2D eigenvalue weighted by atomic mass is 32.2. The van der Waals surface area contributed by atoms with Crippen LogP contribution in [-0.2, 0) is 10.0 Å². The van der Waals surface area contributed by atoms with E-state index in [9.17, 15) is 17.2 Å². The third kappa shape index (κ3) is 4.78. The Bertz CT molecular complexity index is 1110. The molecule has 0 amide bonds. The summed E-state index contributed by atoms with van der Waals surface area (Å²) in [5, 5.41) is 0.929. The molecule has 0 unspecified atom stereocenters. The van der Waals surface area contributed by atoms with Gasteiger partial charge in [-0.2, -0.15) is 4.72 Å². The third-order valence-corrected chi connectivity index (χ3v) is 4.90. The quantitative estimate of drug-likeness (QED) is 0.683. The number of halogens is 2. The first-order valence-corrected chi connectivity index (χ1v) is 9.32.